The number of aromatic nitrogens is 2. The summed E-state index contributed by atoms with van der Waals surface area (Å²) in [7, 11) is 0. The summed E-state index contributed by atoms with van der Waals surface area (Å²) in [6.45, 7) is 2.16. The highest BCUT2D eigenvalue weighted by atomic mass is 35.5. The summed E-state index contributed by atoms with van der Waals surface area (Å²) in [5.41, 5.74) is 1.14. The Bertz CT molecular complexity index is 883. The minimum Gasteiger partial charge on any atom is -0.351 e. The van der Waals surface area contributed by atoms with Gasteiger partial charge in [-0.05, 0) is 18.2 Å². The number of hydrogen-bond acceptors (Lipinski definition) is 4. The summed E-state index contributed by atoms with van der Waals surface area (Å²) in [6.07, 6.45) is 0. The molecule has 1 aromatic heterocycles. The molecular weight excluding hydrogens is 345 g/mol. The summed E-state index contributed by atoms with van der Waals surface area (Å²) in [4.78, 5) is 16.5. The van der Waals surface area contributed by atoms with E-state index in [0.29, 0.717) is 18.3 Å². The van der Waals surface area contributed by atoms with Gasteiger partial charge in [-0.1, -0.05) is 54.0 Å². The van der Waals surface area contributed by atoms with Gasteiger partial charge in [-0.25, -0.2) is 4.39 Å². The van der Waals surface area contributed by atoms with Crippen molar-refractivity contribution in [3.8, 4) is 11.4 Å². The van der Waals surface area contributed by atoms with Crippen molar-refractivity contribution in [2.75, 3.05) is 6.54 Å². The Hall–Kier alpha value is -2.73. The van der Waals surface area contributed by atoms with Crippen LogP contribution in [0.25, 0.3) is 11.4 Å². The van der Waals surface area contributed by atoms with Gasteiger partial charge in [0.2, 0.25) is 11.7 Å². The lowest BCUT2D eigenvalue weighted by atomic mass is 10.1. The fraction of sp³-hybridized carbons (Fsp3) is 0.167. The first kappa shape index (κ1) is 17.1. The second kappa shape index (κ2) is 7.44. The van der Waals surface area contributed by atoms with E-state index in [0.717, 1.165) is 11.6 Å². The maximum absolute atomic E-state index is 13.1. The topological polar surface area (TPSA) is 68.0 Å². The Kier molecular flexibility index (Phi) is 5.09. The third-order valence-corrected chi connectivity index (χ3v) is 3.94. The monoisotopic (exact) mass is 359 g/mol. The summed E-state index contributed by atoms with van der Waals surface area (Å²) in [6, 6.07) is 13.3. The number of hydrogen-bond donors (Lipinski definition) is 1. The van der Waals surface area contributed by atoms with Crippen LogP contribution in [0.3, 0.4) is 0 Å². The minimum absolute atomic E-state index is 0.0925. The third kappa shape index (κ3) is 4.03. The van der Waals surface area contributed by atoms with E-state index < -0.39 is 5.82 Å². The van der Waals surface area contributed by atoms with Crippen molar-refractivity contribution in [2.24, 2.45) is 0 Å². The number of benzene rings is 2. The van der Waals surface area contributed by atoms with Crippen molar-refractivity contribution in [3.63, 3.8) is 0 Å². The third-order valence-electron chi connectivity index (χ3n) is 3.65. The fourth-order valence-corrected chi connectivity index (χ4v) is 2.39. The molecule has 0 aliphatic carbocycles. The Morgan fingerprint density at radius 3 is 2.76 bits per heavy atom. The summed E-state index contributed by atoms with van der Waals surface area (Å²) < 4.78 is 18.4. The number of nitrogens with zero attached hydrogens (tertiary/aromatic N) is 2. The van der Waals surface area contributed by atoms with Gasteiger partial charge in [0.25, 0.3) is 5.91 Å². The molecule has 0 saturated carbocycles. The molecule has 7 heteroatoms. The van der Waals surface area contributed by atoms with Crippen molar-refractivity contribution in [3.05, 3.63) is 70.8 Å². The number of carbonyl (C=O) groups is 1. The average molecular weight is 360 g/mol. The van der Waals surface area contributed by atoms with Crippen molar-refractivity contribution in [1.29, 1.82) is 0 Å². The van der Waals surface area contributed by atoms with E-state index in [4.69, 9.17) is 16.1 Å². The largest absolute Gasteiger partial charge is 0.351 e. The van der Waals surface area contributed by atoms with Gasteiger partial charge in [-0.2, -0.15) is 4.98 Å². The molecule has 0 saturated heterocycles. The quantitative estimate of drug-likeness (QED) is 0.745. The molecule has 0 aliphatic heterocycles. The predicted octanol–water partition coefficient (Wildman–Crippen LogP) is 4.06. The molecule has 1 amide bonds. The van der Waals surface area contributed by atoms with Crippen LogP contribution in [-0.2, 0) is 0 Å². The lowest BCUT2D eigenvalue weighted by Crippen LogP contribution is -2.27. The lowest BCUT2D eigenvalue weighted by Gasteiger charge is -2.09. The van der Waals surface area contributed by atoms with E-state index in [1.165, 1.54) is 12.1 Å². The van der Waals surface area contributed by atoms with Crippen molar-refractivity contribution in [2.45, 2.75) is 12.8 Å². The summed E-state index contributed by atoms with van der Waals surface area (Å²) >= 11 is 5.69. The van der Waals surface area contributed by atoms with E-state index in [1.54, 1.807) is 0 Å². The van der Waals surface area contributed by atoms with Gasteiger partial charge in [0.1, 0.15) is 5.82 Å². The summed E-state index contributed by atoms with van der Waals surface area (Å²) in [5.74, 6) is -0.164. The number of nitrogens with one attached hydrogen (secondary N) is 1. The van der Waals surface area contributed by atoms with Gasteiger partial charge in [0.15, 0.2) is 0 Å². The maximum atomic E-state index is 13.1. The molecule has 128 valence electrons. The molecule has 1 N–H and O–H groups in total. The van der Waals surface area contributed by atoms with E-state index >= 15 is 0 Å². The Morgan fingerprint density at radius 2 is 2.04 bits per heavy atom. The van der Waals surface area contributed by atoms with Crippen LogP contribution in [0.15, 0.2) is 53.1 Å². The molecule has 0 spiro atoms. The first-order valence-corrected chi connectivity index (χ1v) is 8.04. The number of rotatable bonds is 5. The number of carbonyl (C=O) groups excluding carboxylic acids is 1. The zero-order chi connectivity index (χ0) is 17.8. The molecule has 1 heterocycles. The minimum atomic E-state index is -0.564. The molecule has 1 atom stereocenters. The number of halogens is 2. The van der Waals surface area contributed by atoms with Crippen molar-refractivity contribution >= 4 is 17.5 Å². The first-order valence-electron chi connectivity index (χ1n) is 7.67. The molecule has 0 fully saturated rings. The maximum Gasteiger partial charge on any atom is 0.251 e. The van der Waals surface area contributed by atoms with Crippen molar-refractivity contribution in [1.82, 2.24) is 15.5 Å². The van der Waals surface area contributed by atoms with Crippen LogP contribution in [0.5, 0.6) is 0 Å². The Labute approximate surface area is 148 Å². The van der Waals surface area contributed by atoms with E-state index in [2.05, 4.69) is 15.5 Å². The standard InChI is InChI=1S/C18H15ClFN3O2/c1-11(10-21-17(24)13-7-8-15(20)14(19)9-13)18-22-16(23-25-18)12-5-3-2-4-6-12/h2-9,11H,10H2,1H3,(H,21,24). The molecular formula is C18H15ClFN3O2. The normalized spacial score (nSPS) is 12.0. The molecule has 5 nitrogen and oxygen atoms in total. The fourth-order valence-electron chi connectivity index (χ4n) is 2.21. The molecule has 3 rings (SSSR count). The summed E-state index contributed by atoms with van der Waals surface area (Å²) in [5, 5.41) is 6.61. The van der Waals surface area contributed by atoms with Crippen molar-refractivity contribution < 1.29 is 13.7 Å². The van der Waals surface area contributed by atoms with Gasteiger partial charge in [0.05, 0.1) is 10.9 Å². The highest BCUT2D eigenvalue weighted by molar-refractivity contribution is 6.31. The smallest absolute Gasteiger partial charge is 0.251 e. The molecule has 0 radical (unpaired) electrons. The first-order chi connectivity index (χ1) is 12.0. The van der Waals surface area contributed by atoms with Crippen LogP contribution >= 0.6 is 11.6 Å². The zero-order valence-electron chi connectivity index (χ0n) is 13.4. The average Bonchev–Trinajstić information content (AvgIpc) is 3.12. The van der Waals surface area contributed by atoms with Crippen LogP contribution in [0.2, 0.25) is 5.02 Å². The van der Waals surface area contributed by atoms with Gasteiger partial charge < -0.3 is 9.84 Å². The lowest BCUT2D eigenvalue weighted by molar-refractivity contribution is 0.0950. The highest BCUT2D eigenvalue weighted by Gasteiger charge is 2.17. The predicted molar refractivity (Wildman–Crippen MR) is 91.9 cm³/mol. The zero-order valence-corrected chi connectivity index (χ0v) is 14.1. The van der Waals surface area contributed by atoms with Gasteiger partial charge >= 0.3 is 0 Å². The molecule has 0 aliphatic rings. The van der Waals surface area contributed by atoms with Gasteiger partial charge in [-0.15, -0.1) is 0 Å². The second-order valence-corrected chi connectivity index (χ2v) is 5.97. The Balaban J connectivity index is 1.62. The number of amides is 1. The molecule has 2 aromatic carbocycles. The van der Waals surface area contributed by atoms with Crippen LogP contribution in [0.1, 0.15) is 29.1 Å². The van der Waals surface area contributed by atoms with E-state index in [-0.39, 0.29) is 22.4 Å². The molecule has 3 aromatic rings. The van der Waals surface area contributed by atoms with E-state index in [1.807, 2.05) is 37.3 Å². The van der Waals surface area contributed by atoms with Gasteiger partial charge in [-0.3, -0.25) is 4.79 Å². The van der Waals surface area contributed by atoms with Crippen LogP contribution < -0.4 is 5.32 Å². The molecule has 1 unspecified atom stereocenters. The second-order valence-electron chi connectivity index (χ2n) is 5.56. The van der Waals surface area contributed by atoms with E-state index in [9.17, 15) is 9.18 Å². The molecule has 0 bridgehead atoms. The highest BCUT2D eigenvalue weighted by Crippen LogP contribution is 2.19. The van der Waals surface area contributed by atoms with Gasteiger partial charge in [0, 0.05) is 17.7 Å². The Morgan fingerprint density at radius 1 is 1.28 bits per heavy atom. The van der Waals surface area contributed by atoms with Crippen LogP contribution in [0, 0.1) is 5.82 Å². The SMILES string of the molecule is CC(CNC(=O)c1ccc(F)c(Cl)c1)c1nc(-c2ccccc2)no1. The van der Waals surface area contributed by atoms with Crippen LogP contribution in [-0.4, -0.2) is 22.6 Å². The van der Waals surface area contributed by atoms with Crippen LogP contribution in [0.4, 0.5) is 4.39 Å². The molecule has 25 heavy (non-hydrogen) atoms.